The molecule has 1 saturated carbocycles. The Balaban J connectivity index is 2.03. The lowest BCUT2D eigenvalue weighted by Gasteiger charge is -2.42. The van der Waals surface area contributed by atoms with Crippen LogP contribution in [0.3, 0.4) is 0 Å². The second-order valence-corrected chi connectivity index (χ2v) is 6.60. The van der Waals surface area contributed by atoms with Gasteiger partial charge in [0.2, 0.25) is 0 Å². The minimum Gasteiger partial charge on any atom is -0.342 e. The maximum absolute atomic E-state index is 12.2. The highest BCUT2D eigenvalue weighted by atomic mass is 16.2. The quantitative estimate of drug-likeness (QED) is 0.823. The van der Waals surface area contributed by atoms with Crippen molar-refractivity contribution in [3.8, 4) is 0 Å². The lowest BCUT2D eigenvalue weighted by molar-refractivity contribution is -0.125. The zero-order chi connectivity index (χ0) is 14.1. The molecule has 0 aromatic carbocycles. The number of nitrogens with one attached hydrogen (secondary N) is 2. The van der Waals surface area contributed by atoms with E-state index in [-0.39, 0.29) is 11.4 Å². The van der Waals surface area contributed by atoms with E-state index in [9.17, 15) is 4.79 Å². The average molecular weight is 265 g/mol. The summed E-state index contributed by atoms with van der Waals surface area (Å²) in [5.74, 6) is 1.51. The van der Waals surface area contributed by atoms with E-state index in [4.69, 9.17) is 0 Å². The highest BCUT2D eigenvalue weighted by Crippen LogP contribution is 2.44. The highest BCUT2D eigenvalue weighted by molar-refractivity contribution is 6.09. The largest absolute Gasteiger partial charge is 0.342 e. The molecule has 0 atom stereocenters. The Morgan fingerprint density at radius 1 is 1.32 bits per heavy atom. The van der Waals surface area contributed by atoms with Crippen molar-refractivity contribution < 1.29 is 4.79 Å². The molecule has 2 aliphatic rings. The van der Waals surface area contributed by atoms with Crippen LogP contribution >= 0.6 is 0 Å². The molecule has 1 aliphatic heterocycles. The van der Waals surface area contributed by atoms with E-state index in [1.165, 1.54) is 6.42 Å². The summed E-state index contributed by atoms with van der Waals surface area (Å²) in [6, 6.07) is 0. The molecule has 1 amide bonds. The first-order valence-corrected chi connectivity index (χ1v) is 7.57. The molecule has 19 heavy (non-hydrogen) atoms. The van der Waals surface area contributed by atoms with Crippen molar-refractivity contribution >= 4 is 11.9 Å². The Morgan fingerprint density at radius 2 is 1.95 bits per heavy atom. The minimum absolute atomic E-state index is 0.118. The van der Waals surface area contributed by atoms with Crippen LogP contribution in [0.5, 0.6) is 0 Å². The number of hydrogen-bond donors (Lipinski definition) is 2. The van der Waals surface area contributed by atoms with Crippen molar-refractivity contribution in [2.75, 3.05) is 6.54 Å². The third kappa shape index (κ3) is 2.63. The third-order valence-corrected chi connectivity index (χ3v) is 5.20. The molecule has 1 saturated heterocycles. The van der Waals surface area contributed by atoms with E-state index in [1.54, 1.807) is 0 Å². The molecule has 1 heterocycles. The topological polar surface area (TPSA) is 53.5 Å². The van der Waals surface area contributed by atoms with Gasteiger partial charge in [0.15, 0.2) is 5.96 Å². The Labute approximate surface area is 116 Å². The zero-order valence-electron chi connectivity index (χ0n) is 12.7. The van der Waals surface area contributed by atoms with E-state index >= 15 is 0 Å². The molecule has 2 N–H and O–H groups in total. The Bertz CT molecular complexity index is 379. The smallest absolute Gasteiger partial charge is 0.252 e. The summed E-state index contributed by atoms with van der Waals surface area (Å²) >= 11 is 0. The van der Waals surface area contributed by atoms with Crippen molar-refractivity contribution in [1.82, 2.24) is 10.6 Å². The van der Waals surface area contributed by atoms with Gasteiger partial charge in [-0.2, -0.15) is 0 Å². The number of amides is 1. The summed E-state index contributed by atoms with van der Waals surface area (Å²) in [6.45, 7) is 9.64. The molecule has 0 radical (unpaired) electrons. The van der Waals surface area contributed by atoms with Gasteiger partial charge in [-0.05, 0) is 43.9 Å². The van der Waals surface area contributed by atoms with Crippen molar-refractivity contribution in [2.24, 2.45) is 16.3 Å². The molecule has 2 fully saturated rings. The van der Waals surface area contributed by atoms with Crippen molar-refractivity contribution in [3.63, 3.8) is 0 Å². The SMILES string of the molecule is CCN=C1NC(=O)C2(CCC(C(C)(C)CC)CC2)N1. The first-order valence-electron chi connectivity index (χ1n) is 7.57. The second kappa shape index (κ2) is 5.14. The summed E-state index contributed by atoms with van der Waals surface area (Å²) in [5.41, 5.74) is 0.00531. The van der Waals surface area contributed by atoms with Crippen LogP contribution in [0.25, 0.3) is 0 Å². The first kappa shape index (κ1) is 14.4. The lowest BCUT2D eigenvalue weighted by atomic mass is 9.65. The van der Waals surface area contributed by atoms with Gasteiger partial charge < -0.3 is 5.32 Å². The summed E-state index contributed by atoms with van der Waals surface area (Å²) in [4.78, 5) is 16.5. The van der Waals surface area contributed by atoms with E-state index in [2.05, 4.69) is 36.4 Å². The Hall–Kier alpha value is -1.06. The van der Waals surface area contributed by atoms with Gasteiger partial charge >= 0.3 is 0 Å². The first-order chi connectivity index (χ1) is 8.93. The molecule has 2 rings (SSSR count). The van der Waals surface area contributed by atoms with Gasteiger partial charge in [0.1, 0.15) is 5.54 Å². The third-order valence-electron chi connectivity index (χ3n) is 5.20. The molecule has 1 spiro atoms. The van der Waals surface area contributed by atoms with E-state index in [1.807, 2.05) is 6.92 Å². The molecule has 4 nitrogen and oxygen atoms in total. The molecule has 0 unspecified atom stereocenters. The van der Waals surface area contributed by atoms with Crippen molar-refractivity contribution in [2.45, 2.75) is 65.3 Å². The molecule has 0 aromatic heterocycles. The number of hydrogen-bond acceptors (Lipinski definition) is 2. The normalized spacial score (nSPS) is 33.6. The summed E-state index contributed by atoms with van der Waals surface area (Å²) in [5, 5.41) is 6.22. The van der Waals surface area contributed by atoms with Crippen LogP contribution in [0.15, 0.2) is 4.99 Å². The second-order valence-electron chi connectivity index (χ2n) is 6.60. The average Bonchev–Trinajstić information content (AvgIpc) is 2.67. The van der Waals surface area contributed by atoms with Crippen LogP contribution in [0.2, 0.25) is 0 Å². The van der Waals surface area contributed by atoms with E-state index in [0.29, 0.717) is 17.9 Å². The number of rotatable bonds is 3. The lowest BCUT2D eigenvalue weighted by Crippen LogP contribution is -2.50. The fourth-order valence-electron chi connectivity index (χ4n) is 3.31. The van der Waals surface area contributed by atoms with Gasteiger partial charge in [-0.3, -0.25) is 15.1 Å². The Kier molecular flexibility index (Phi) is 3.88. The molecule has 1 aliphatic carbocycles. The van der Waals surface area contributed by atoms with Crippen LogP contribution < -0.4 is 10.6 Å². The summed E-state index contributed by atoms with van der Waals surface area (Å²) < 4.78 is 0. The molecular weight excluding hydrogens is 238 g/mol. The fraction of sp³-hybridized carbons (Fsp3) is 0.867. The molecular formula is C15H27N3O. The predicted molar refractivity (Wildman–Crippen MR) is 78.0 cm³/mol. The minimum atomic E-state index is -0.381. The van der Waals surface area contributed by atoms with Gasteiger partial charge in [0, 0.05) is 6.54 Å². The van der Waals surface area contributed by atoms with E-state index in [0.717, 1.165) is 31.6 Å². The van der Waals surface area contributed by atoms with Crippen LogP contribution in [0.1, 0.15) is 59.8 Å². The fourth-order valence-corrected chi connectivity index (χ4v) is 3.31. The number of carbonyl (C=O) groups is 1. The van der Waals surface area contributed by atoms with Gasteiger partial charge in [-0.25, -0.2) is 0 Å². The predicted octanol–water partition coefficient (Wildman–Crippen LogP) is 2.45. The number of carbonyl (C=O) groups excluding carboxylic acids is 1. The highest BCUT2D eigenvalue weighted by Gasteiger charge is 2.48. The summed E-state index contributed by atoms with van der Waals surface area (Å²) in [6.07, 6.45) is 5.31. The standard InChI is InChI=1S/C15H27N3O/c1-5-14(3,4)11-7-9-15(10-8-11)12(19)17-13(18-15)16-6-2/h11H,5-10H2,1-4H3,(H2,16,17,18,19). The number of guanidine groups is 1. The monoisotopic (exact) mass is 265 g/mol. The van der Waals surface area contributed by atoms with Crippen LogP contribution in [-0.2, 0) is 4.79 Å². The molecule has 4 heteroatoms. The van der Waals surface area contributed by atoms with E-state index < -0.39 is 0 Å². The van der Waals surface area contributed by atoms with Crippen LogP contribution in [0, 0.1) is 11.3 Å². The number of aliphatic imine (C=N–C) groups is 1. The van der Waals surface area contributed by atoms with Crippen molar-refractivity contribution in [1.29, 1.82) is 0 Å². The maximum atomic E-state index is 12.2. The summed E-state index contributed by atoms with van der Waals surface area (Å²) in [7, 11) is 0. The molecule has 0 aromatic rings. The van der Waals surface area contributed by atoms with Crippen LogP contribution in [-0.4, -0.2) is 24.0 Å². The van der Waals surface area contributed by atoms with Gasteiger partial charge in [0.05, 0.1) is 0 Å². The number of nitrogens with zero attached hydrogens (tertiary/aromatic N) is 1. The Morgan fingerprint density at radius 3 is 2.47 bits per heavy atom. The van der Waals surface area contributed by atoms with Crippen molar-refractivity contribution in [3.05, 3.63) is 0 Å². The molecule has 0 bridgehead atoms. The maximum Gasteiger partial charge on any atom is 0.252 e. The van der Waals surface area contributed by atoms with Gasteiger partial charge in [0.25, 0.3) is 5.91 Å². The van der Waals surface area contributed by atoms with Crippen LogP contribution in [0.4, 0.5) is 0 Å². The molecule has 108 valence electrons. The zero-order valence-corrected chi connectivity index (χ0v) is 12.7. The van der Waals surface area contributed by atoms with Gasteiger partial charge in [-0.15, -0.1) is 0 Å². The van der Waals surface area contributed by atoms with Gasteiger partial charge in [-0.1, -0.05) is 27.2 Å².